The van der Waals surface area contributed by atoms with Crippen molar-refractivity contribution in [1.29, 1.82) is 0 Å². The summed E-state index contributed by atoms with van der Waals surface area (Å²) < 4.78 is 28.6. The lowest BCUT2D eigenvalue weighted by Gasteiger charge is -2.00. The third kappa shape index (κ3) is 3.97. The summed E-state index contributed by atoms with van der Waals surface area (Å²) in [6.07, 6.45) is 2.84. The highest BCUT2D eigenvalue weighted by atomic mass is 32.2. The molecule has 76 valence electrons. The molecule has 0 aliphatic heterocycles. The summed E-state index contributed by atoms with van der Waals surface area (Å²) in [6, 6.07) is 3.10. The third-order valence-corrected chi connectivity index (χ3v) is 1.49. The Balaban J connectivity index is 2.42. The van der Waals surface area contributed by atoms with E-state index in [0.29, 0.717) is 0 Å². The first-order valence-electron chi connectivity index (χ1n) is 3.56. The van der Waals surface area contributed by atoms with Crippen LogP contribution >= 0.6 is 0 Å². The molecule has 0 atom stereocenters. The lowest BCUT2D eigenvalue weighted by atomic mass is 10.5. The molecule has 0 N–H and O–H groups in total. The molecule has 14 heavy (non-hydrogen) atoms. The number of nitrogens with zero attached hydrogens (tertiary/aromatic N) is 1. The van der Waals surface area contributed by atoms with Gasteiger partial charge in [-0.1, -0.05) is 0 Å². The monoisotopic (exact) mass is 217 g/mol. The summed E-state index contributed by atoms with van der Waals surface area (Å²) in [7, 11) is -3.02. The van der Waals surface area contributed by atoms with Crippen molar-refractivity contribution in [3.05, 3.63) is 24.5 Å². The lowest BCUT2D eigenvalue weighted by molar-refractivity contribution is -0.136. The standard InChI is InChI=1S/C7H7NO5S/c9-7(5-12-14(10)11)13-6-2-1-3-8-4-6/h1-4,14H,5H2. The van der Waals surface area contributed by atoms with Crippen LogP contribution in [0.5, 0.6) is 5.75 Å². The average Bonchev–Trinajstić information content (AvgIpc) is 2.16. The first-order chi connectivity index (χ1) is 6.68. The Morgan fingerprint density at radius 1 is 1.50 bits per heavy atom. The van der Waals surface area contributed by atoms with Crippen LogP contribution in [0.3, 0.4) is 0 Å². The molecule has 0 saturated carbocycles. The van der Waals surface area contributed by atoms with Crippen molar-refractivity contribution in [2.75, 3.05) is 6.61 Å². The molecule has 1 aromatic rings. The van der Waals surface area contributed by atoms with Gasteiger partial charge in [0.2, 0.25) is 0 Å². The van der Waals surface area contributed by atoms with Crippen molar-refractivity contribution in [3.63, 3.8) is 0 Å². The number of hydrogen-bond acceptors (Lipinski definition) is 6. The smallest absolute Gasteiger partial charge is 0.339 e. The molecular weight excluding hydrogens is 210 g/mol. The molecule has 0 radical (unpaired) electrons. The molecule has 0 bridgehead atoms. The van der Waals surface area contributed by atoms with Crippen LogP contribution in [-0.4, -0.2) is 26.0 Å². The van der Waals surface area contributed by atoms with E-state index in [-0.39, 0.29) is 5.75 Å². The van der Waals surface area contributed by atoms with Gasteiger partial charge in [-0.15, -0.1) is 0 Å². The van der Waals surface area contributed by atoms with Crippen LogP contribution in [0.1, 0.15) is 0 Å². The number of thiol groups is 1. The van der Waals surface area contributed by atoms with Crippen LogP contribution in [0.2, 0.25) is 0 Å². The van der Waals surface area contributed by atoms with Gasteiger partial charge >= 0.3 is 5.97 Å². The summed E-state index contributed by atoms with van der Waals surface area (Å²) in [6.45, 7) is -0.631. The maximum Gasteiger partial charge on any atom is 0.339 e. The van der Waals surface area contributed by atoms with E-state index in [4.69, 9.17) is 0 Å². The molecule has 0 unspecified atom stereocenters. The molecule has 1 rings (SSSR count). The van der Waals surface area contributed by atoms with E-state index in [1.165, 1.54) is 18.5 Å². The van der Waals surface area contributed by atoms with Crippen LogP contribution in [0.25, 0.3) is 0 Å². The number of esters is 1. The molecule has 1 aromatic heterocycles. The zero-order valence-corrected chi connectivity index (χ0v) is 7.85. The minimum atomic E-state index is -3.02. The van der Waals surface area contributed by atoms with Crippen LogP contribution in [0.4, 0.5) is 0 Å². The van der Waals surface area contributed by atoms with Crippen molar-refractivity contribution < 1.29 is 22.1 Å². The molecule has 0 aliphatic carbocycles. The zero-order chi connectivity index (χ0) is 10.4. The van der Waals surface area contributed by atoms with E-state index in [2.05, 4.69) is 13.9 Å². The summed E-state index contributed by atoms with van der Waals surface area (Å²) in [4.78, 5) is 14.6. The van der Waals surface area contributed by atoms with E-state index in [9.17, 15) is 13.2 Å². The molecule has 1 heterocycles. The predicted octanol–water partition coefficient (Wildman–Crippen LogP) is -0.470. The predicted molar refractivity (Wildman–Crippen MR) is 46.1 cm³/mol. The van der Waals surface area contributed by atoms with Gasteiger partial charge in [0.05, 0.1) is 6.20 Å². The van der Waals surface area contributed by atoms with Gasteiger partial charge < -0.3 is 4.74 Å². The Hall–Kier alpha value is -1.47. The fourth-order valence-electron chi connectivity index (χ4n) is 0.674. The Kier molecular flexibility index (Phi) is 4.02. The first kappa shape index (κ1) is 10.6. The van der Waals surface area contributed by atoms with Crippen molar-refractivity contribution in [2.24, 2.45) is 0 Å². The van der Waals surface area contributed by atoms with E-state index in [0.717, 1.165) is 0 Å². The number of carbonyl (C=O) groups is 1. The summed E-state index contributed by atoms with van der Waals surface area (Å²) in [5.74, 6) is -0.556. The largest absolute Gasteiger partial charge is 0.423 e. The Labute approximate surface area is 81.6 Å². The minimum absolute atomic E-state index is 0.238. The molecule has 0 aliphatic rings. The maximum absolute atomic E-state index is 10.9. The molecule has 0 fully saturated rings. The van der Waals surface area contributed by atoms with Crippen molar-refractivity contribution in [1.82, 2.24) is 4.98 Å². The number of aromatic nitrogens is 1. The van der Waals surface area contributed by atoms with Crippen molar-refractivity contribution >= 4 is 17.0 Å². The molecule has 0 saturated heterocycles. The number of rotatable bonds is 4. The Bertz CT molecular complexity index is 367. The van der Waals surface area contributed by atoms with Crippen molar-refractivity contribution in [3.8, 4) is 5.75 Å². The second-order valence-electron chi connectivity index (χ2n) is 2.16. The highest BCUT2D eigenvalue weighted by Gasteiger charge is 2.04. The van der Waals surface area contributed by atoms with Crippen LogP contribution < -0.4 is 4.74 Å². The lowest BCUT2D eigenvalue weighted by Crippen LogP contribution is -2.15. The second-order valence-corrected chi connectivity index (χ2v) is 2.87. The van der Waals surface area contributed by atoms with Gasteiger partial charge in [0.15, 0.2) is 6.61 Å². The van der Waals surface area contributed by atoms with Gasteiger partial charge in [0.25, 0.3) is 11.0 Å². The maximum atomic E-state index is 10.9. The van der Waals surface area contributed by atoms with Gasteiger partial charge in [-0.2, -0.15) is 0 Å². The van der Waals surface area contributed by atoms with E-state index >= 15 is 0 Å². The first-order valence-corrected chi connectivity index (χ1v) is 4.66. The van der Waals surface area contributed by atoms with E-state index in [1.54, 1.807) is 6.07 Å². The highest BCUT2D eigenvalue weighted by molar-refractivity contribution is 7.67. The summed E-state index contributed by atoms with van der Waals surface area (Å²) in [5.41, 5.74) is 0. The average molecular weight is 217 g/mol. The third-order valence-electron chi connectivity index (χ3n) is 1.15. The van der Waals surface area contributed by atoms with Crippen LogP contribution in [0.15, 0.2) is 24.5 Å². The number of hydrogen-bond donors (Lipinski definition) is 1. The Morgan fingerprint density at radius 2 is 2.29 bits per heavy atom. The van der Waals surface area contributed by atoms with Gasteiger partial charge in [-0.3, -0.25) is 9.17 Å². The fourth-order valence-corrected chi connectivity index (χ4v) is 0.885. The van der Waals surface area contributed by atoms with E-state index < -0.39 is 23.6 Å². The minimum Gasteiger partial charge on any atom is -0.423 e. The molecular formula is C7H7NO5S. The quantitative estimate of drug-likeness (QED) is 0.542. The van der Waals surface area contributed by atoms with Gasteiger partial charge in [0, 0.05) is 6.20 Å². The second kappa shape index (κ2) is 5.30. The Morgan fingerprint density at radius 3 is 2.86 bits per heavy atom. The zero-order valence-electron chi connectivity index (χ0n) is 6.95. The molecule has 6 nitrogen and oxygen atoms in total. The number of pyridine rings is 1. The fraction of sp³-hybridized carbons (Fsp3) is 0.143. The topological polar surface area (TPSA) is 82.6 Å². The van der Waals surface area contributed by atoms with Crippen LogP contribution in [-0.2, 0) is 20.0 Å². The van der Waals surface area contributed by atoms with Gasteiger partial charge in [-0.25, -0.2) is 13.2 Å². The normalized spacial score (nSPS) is 10.1. The summed E-state index contributed by atoms with van der Waals surface area (Å²) in [5, 5.41) is 0. The molecule has 7 heteroatoms. The van der Waals surface area contributed by atoms with Crippen molar-refractivity contribution in [2.45, 2.75) is 0 Å². The number of carbonyl (C=O) groups excluding carboxylic acids is 1. The molecule has 0 amide bonds. The molecule has 0 spiro atoms. The van der Waals surface area contributed by atoms with Gasteiger partial charge in [-0.05, 0) is 12.1 Å². The number of ether oxygens (including phenoxy) is 1. The molecule has 0 aromatic carbocycles. The highest BCUT2D eigenvalue weighted by Crippen LogP contribution is 2.05. The SMILES string of the molecule is O=C(CO[SH](=O)=O)Oc1cccnc1. The van der Waals surface area contributed by atoms with Crippen LogP contribution in [0, 0.1) is 0 Å². The van der Waals surface area contributed by atoms with E-state index in [1.807, 2.05) is 0 Å². The summed E-state index contributed by atoms with van der Waals surface area (Å²) >= 11 is 0. The van der Waals surface area contributed by atoms with Gasteiger partial charge in [0.1, 0.15) is 5.75 Å².